The summed E-state index contributed by atoms with van der Waals surface area (Å²) >= 11 is 0. The van der Waals surface area contributed by atoms with Crippen LogP contribution >= 0.6 is 0 Å². The van der Waals surface area contributed by atoms with Crippen molar-refractivity contribution in [2.24, 2.45) is 0 Å². The molecule has 0 aliphatic carbocycles. The molecule has 0 saturated heterocycles. The van der Waals surface area contributed by atoms with Gasteiger partial charge in [0, 0.05) is 6.54 Å². The lowest BCUT2D eigenvalue weighted by Gasteiger charge is -2.07. The molecule has 0 aliphatic rings. The quantitative estimate of drug-likeness (QED) is 0.623. The van der Waals surface area contributed by atoms with Gasteiger partial charge in [-0.1, -0.05) is 0 Å². The van der Waals surface area contributed by atoms with Gasteiger partial charge in [-0.05, 0) is 6.42 Å². The Kier molecular flexibility index (Phi) is 2.97. The van der Waals surface area contributed by atoms with Gasteiger partial charge in [-0.15, -0.1) is 0 Å². The Bertz CT molecular complexity index is 484. The normalized spacial score (nSPS) is 13.1. The molecule has 2 aromatic heterocycles. The minimum Gasteiger partial charge on any atom is -0.394 e. The summed E-state index contributed by atoms with van der Waals surface area (Å²) in [6.45, 7) is 0.276. The standard InChI is InChI=1S/C9H13N5O2/c10-8-7-9(12-4-11-8)14(5-13-7)2-1-6(16)3-15/h4-6,15-16H,1-3H2,(H2,10,11,12). The molecule has 2 heterocycles. The van der Waals surface area contributed by atoms with Crippen LogP contribution in [0.2, 0.25) is 0 Å². The molecule has 0 aliphatic heterocycles. The van der Waals surface area contributed by atoms with E-state index in [1.807, 2.05) is 0 Å². The molecular weight excluding hydrogens is 210 g/mol. The second-order valence-corrected chi connectivity index (χ2v) is 3.49. The van der Waals surface area contributed by atoms with E-state index in [-0.39, 0.29) is 6.61 Å². The van der Waals surface area contributed by atoms with E-state index in [0.717, 1.165) is 0 Å². The summed E-state index contributed by atoms with van der Waals surface area (Å²) in [6, 6.07) is 0. The van der Waals surface area contributed by atoms with Crippen molar-refractivity contribution in [3.05, 3.63) is 12.7 Å². The van der Waals surface area contributed by atoms with Gasteiger partial charge in [-0.2, -0.15) is 0 Å². The van der Waals surface area contributed by atoms with E-state index in [9.17, 15) is 5.11 Å². The van der Waals surface area contributed by atoms with Crippen LogP contribution in [-0.4, -0.2) is 42.4 Å². The maximum atomic E-state index is 9.24. The van der Waals surface area contributed by atoms with Crippen LogP contribution in [0.25, 0.3) is 11.2 Å². The molecule has 0 amide bonds. The monoisotopic (exact) mass is 223 g/mol. The van der Waals surface area contributed by atoms with E-state index in [0.29, 0.717) is 29.9 Å². The first-order chi connectivity index (χ1) is 7.72. The van der Waals surface area contributed by atoms with E-state index in [4.69, 9.17) is 10.8 Å². The smallest absolute Gasteiger partial charge is 0.165 e. The highest BCUT2D eigenvalue weighted by Crippen LogP contribution is 2.14. The average molecular weight is 223 g/mol. The SMILES string of the molecule is Nc1ncnc2c1ncn2CCC(O)CO. The summed E-state index contributed by atoms with van der Waals surface area (Å²) in [6.07, 6.45) is 2.68. The molecule has 16 heavy (non-hydrogen) atoms. The van der Waals surface area contributed by atoms with Crippen molar-refractivity contribution in [3.8, 4) is 0 Å². The largest absolute Gasteiger partial charge is 0.394 e. The number of imidazole rings is 1. The summed E-state index contributed by atoms with van der Waals surface area (Å²) in [5.41, 5.74) is 6.83. The second kappa shape index (κ2) is 4.42. The molecule has 0 saturated carbocycles. The van der Waals surface area contributed by atoms with Crippen LogP contribution in [0.5, 0.6) is 0 Å². The van der Waals surface area contributed by atoms with Gasteiger partial charge in [0.15, 0.2) is 11.5 Å². The van der Waals surface area contributed by atoms with E-state index < -0.39 is 6.10 Å². The predicted molar refractivity (Wildman–Crippen MR) is 57.4 cm³/mol. The van der Waals surface area contributed by atoms with E-state index >= 15 is 0 Å². The van der Waals surface area contributed by atoms with Gasteiger partial charge in [0.05, 0.1) is 19.0 Å². The highest BCUT2D eigenvalue weighted by atomic mass is 16.3. The number of aliphatic hydroxyl groups excluding tert-OH is 2. The molecule has 7 heteroatoms. The maximum absolute atomic E-state index is 9.24. The lowest BCUT2D eigenvalue weighted by Crippen LogP contribution is -2.14. The molecule has 2 rings (SSSR count). The van der Waals surface area contributed by atoms with Crippen LogP contribution in [0, 0.1) is 0 Å². The molecule has 1 atom stereocenters. The van der Waals surface area contributed by atoms with Crippen LogP contribution in [0.3, 0.4) is 0 Å². The van der Waals surface area contributed by atoms with Crippen LogP contribution in [-0.2, 0) is 6.54 Å². The molecule has 0 fully saturated rings. The fourth-order valence-corrected chi connectivity index (χ4v) is 1.44. The molecule has 4 N–H and O–H groups in total. The Labute approximate surface area is 91.6 Å². The summed E-state index contributed by atoms with van der Waals surface area (Å²) in [5.74, 6) is 0.339. The Balaban J connectivity index is 2.22. The molecule has 0 aromatic carbocycles. The number of aryl methyl sites for hydroxylation is 1. The number of aliphatic hydroxyl groups is 2. The van der Waals surface area contributed by atoms with Gasteiger partial charge in [0.25, 0.3) is 0 Å². The van der Waals surface area contributed by atoms with Crippen molar-refractivity contribution < 1.29 is 10.2 Å². The van der Waals surface area contributed by atoms with Gasteiger partial charge in [0.1, 0.15) is 11.8 Å². The number of fused-ring (bicyclic) bond motifs is 1. The summed E-state index contributed by atoms with van der Waals surface area (Å²) in [7, 11) is 0. The van der Waals surface area contributed by atoms with Gasteiger partial charge in [-0.25, -0.2) is 15.0 Å². The zero-order chi connectivity index (χ0) is 11.5. The van der Waals surface area contributed by atoms with Gasteiger partial charge >= 0.3 is 0 Å². The highest BCUT2D eigenvalue weighted by Gasteiger charge is 2.09. The minimum atomic E-state index is -0.725. The fraction of sp³-hybridized carbons (Fsp3) is 0.444. The number of nitrogens with zero attached hydrogens (tertiary/aromatic N) is 4. The molecule has 0 bridgehead atoms. The molecule has 1 unspecified atom stereocenters. The van der Waals surface area contributed by atoms with Crippen LogP contribution in [0.1, 0.15) is 6.42 Å². The van der Waals surface area contributed by atoms with Crippen molar-refractivity contribution in [1.82, 2.24) is 19.5 Å². The molecule has 86 valence electrons. The first-order valence-electron chi connectivity index (χ1n) is 4.92. The molecule has 0 radical (unpaired) electrons. The number of hydrogen-bond donors (Lipinski definition) is 3. The molecule has 7 nitrogen and oxygen atoms in total. The molecular formula is C9H13N5O2. The first kappa shape index (κ1) is 10.8. The summed E-state index contributed by atoms with van der Waals surface area (Å²) < 4.78 is 1.77. The fourth-order valence-electron chi connectivity index (χ4n) is 1.44. The average Bonchev–Trinajstić information content (AvgIpc) is 2.70. The van der Waals surface area contributed by atoms with E-state index in [2.05, 4.69) is 15.0 Å². The van der Waals surface area contributed by atoms with Gasteiger partial charge in [0.2, 0.25) is 0 Å². The van der Waals surface area contributed by atoms with Crippen molar-refractivity contribution in [1.29, 1.82) is 0 Å². The van der Waals surface area contributed by atoms with Gasteiger partial charge < -0.3 is 20.5 Å². The number of anilines is 1. The molecule has 2 aromatic rings. The topological polar surface area (TPSA) is 110 Å². The van der Waals surface area contributed by atoms with Crippen LogP contribution in [0.15, 0.2) is 12.7 Å². The van der Waals surface area contributed by atoms with Crippen molar-refractivity contribution in [2.45, 2.75) is 19.1 Å². The lowest BCUT2D eigenvalue weighted by molar-refractivity contribution is 0.0848. The minimum absolute atomic E-state index is 0.246. The number of hydrogen-bond acceptors (Lipinski definition) is 6. The number of nitrogens with two attached hydrogens (primary N) is 1. The summed E-state index contributed by atoms with van der Waals surface area (Å²) in [4.78, 5) is 12.0. The molecule has 0 spiro atoms. The van der Waals surface area contributed by atoms with Crippen molar-refractivity contribution >= 4 is 17.0 Å². The third-order valence-corrected chi connectivity index (χ3v) is 2.34. The Morgan fingerprint density at radius 3 is 2.94 bits per heavy atom. The van der Waals surface area contributed by atoms with E-state index in [1.165, 1.54) is 6.33 Å². The first-order valence-corrected chi connectivity index (χ1v) is 4.92. The zero-order valence-corrected chi connectivity index (χ0v) is 8.61. The van der Waals surface area contributed by atoms with Crippen molar-refractivity contribution in [3.63, 3.8) is 0 Å². The second-order valence-electron chi connectivity index (χ2n) is 3.49. The predicted octanol–water partition coefficient (Wildman–Crippen LogP) is -0.848. The number of nitrogen functional groups attached to an aromatic ring is 1. The van der Waals surface area contributed by atoms with Crippen molar-refractivity contribution in [2.75, 3.05) is 12.3 Å². The highest BCUT2D eigenvalue weighted by molar-refractivity contribution is 5.80. The Morgan fingerprint density at radius 2 is 2.19 bits per heavy atom. The zero-order valence-electron chi connectivity index (χ0n) is 8.61. The Morgan fingerprint density at radius 1 is 1.38 bits per heavy atom. The number of aromatic nitrogens is 4. The third kappa shape index (κ3) is 1.95. The van der Waals surface area contributed by atoms with Crippen LogP contribution < -0.4 is 5.73 Å². The van der Waals surface area contributed by atoms with E-state index in [1.54, 1.807) is 10.9 Å². The van der Waals surface area contributed by atoms with Gasteiger partial charge in [-0.3, -0.25) is 0 Å². The Hall–Kier alpha value is -1.73. The summed E-state index contributed by atoms with van der Waals surface area (Å²) in [5, 5.41) is 17.9. The third-order valence-electron chi connectivity index (χ3n) is 2.34. The lowest BCUT2D eigenvalue weighted by atomic mass is 10.3. The number of rotatable bonds is 4. The van der Waals surface area contributed by atoms with Crippen LogP contribution in [0.4, 0.5) is 5.82 Å². The maximum Gasteiger partial charge on any atom is 0.165 e.